The summed E-state index contributed by atoms with van der Waals surface area (Å²) in [5, 5.41) is 3.50. The van der Waals surface area contributed by atoms with E-state index in [1.807, 2.05) is 0 Å². The third kappa shape index (κ3) is 2.35. The zero-order valence-electron chi connectivity index (χ0n) is 9.37. The van der Waals surface area contributed by atoms with Crippen molar-refractivity contribution in [1.82, 2.24) is 14.3 Å². The highest BCUT2D eigenvalue weighted by Crippen LogP contribution is 2.26. The minimum atomic E-state index is -3.06. The normalized spacial score (nSPS) is 11.3. The van der Waals surface area contributed by atoms with Crippen LogP contribution in [0.1, 0.15) is 12.4 Å². The van der Waals surface area contributed by atoms with E-state index in [0.29, 0.717) is 4.68 Å². The smallest absolute Gasteiger partial charge is 0.245 e. The van der Waals surface area contributed by atoms with Gasteiger partial charge in [0.2, 0.25) is 0 Å². The quantitative estimate of drug-likeness (QED) is 0.799. The fraction of sp³-hybridized carbons (Fsp3) is 0.200. The van der Waals surface area contributed by atoms with E-state index in [9.17, 15) is 18.0 Å². The summed E-state index contributed by atoms with van der Waals surface area (Å²) in [6.07, 6.45) is 0. The number of hydrogen-bond donors (Lipinski definition) is 0. The van der Waals surface area contributed by atoms with Crippen LogP contribution in [0.5, 0.6) is 0 Å². The van der Waals surface area contributed by atoms with E-state index in [1.165, 1.54) is 6.92 Å². The summed E-state index contributed by atoms with van der Waals surface area (Å²) >= 11 is 11.3. The van der Waals surface area contributed by atoms with Crippen molar-refractivity contribution in [3.05, 3.63) is 44.3 Å². The van der Waals surface area contributed by atoms with Crippen LogP contribution in [-0.2, 0) is 0 Å². The van der Waals surface area contributed by atoms with Crippen molar-refractivity contribution in [2.75, 3.05) is 0 Å². The van der Waals surface area contributed by atoms with Crippen LogP contribution in [0.3, 0.4) is 0 Å². The Hall–Kier alpha value is -1.47. The molecule has 102 valence electrons. The maximum Gasteiger partial charge on any atom is 0.355 e. The summed E-state index contributed by atoms with van der Waals surface area (Å²) in [5.74, 6) is -1.14. The third-order valence-corrected chi connectivity index (χ3v) is 3.12. The molecule has 0 aliphatic heterocycles. The fourth-order valence-corrected chi connectivity index (χ4v) is 1.84. The van der Waals surface area contributed by atoms with Crippen molar-refractivity contribution >= 4 is 23.2 Å². The molecule has 0 amide bonds. The Bertz CT molecular complexity index is 696. The van der Waals surface area contributed by atoms with Gasteiger partial charge < -0.3 is 0 Å². The Morgan fingerprint density at radius 1 is 1.26 bits per heavy atom. The maximum atomic E-state index is 13.7. The van der Waals surface area contributed by atoms with Crippen LogP contribution in [0.2, 0.25) is 10.0 Å². The van der Waals surface area contributed by atoms with Crippen molar-refractivity contribution in [3.8, 4) is 5.69 Å². The molecule has 4 nitrogen and oxygen atoms in total. The van der Waals surface area contributed by atoms with Gasteiger partial charge in [0.05, 0.1) is 10.0 Å². The van der Waals surface area contributed by atoms with Gasteiger partial charge in [0.15, 0.2) is 5.82 Å². The van der Waals surface area contributed by atoms with Gasteiger partial charge in [-0.15, -0.1) is 5.10 Å². The largest absolute Gasteiger partial charge is 0.355 e. The molecule has 0 aliphatic carbocycles. The lowest BCUT2D eigenvalue weighted by atomic mass is 10.3. The fourth-order valence-electron chi connectivity index (χ4n) is 1.53. The molecule has 0 fully saturated rings. The van der Waals surface area contributed by atoms with E-state index in [4.69, 9.17) is 23.2 Å². The Kier molecular flexibility index (Phi) is 3.60. The first-order valence-electron chi connectivity index (χ1n) is 4.94. The zero-order chi connectivity index (χ0) is 14.3. The highest BCUT2D eigenvalue weighted by Gasteiger charge is 2.20. The predicted octanol–water partition coefficient (Wildman–Crippen LogP) is 3.18. The molecule has 0 unspecified atom stereocenters. The number of hydrogen-bond acceptors (Lipinski definition) is 2. The molecule has 0 aliphatic rings. The van der Waals surface area contributed by atoms with E-state index in [1.54, 1.807) is 0 Å². The lowest BCUT2D eigenvalue weighted by molar-refractivity contribution is 0.0640. The maximum absolute atomic E-state index is 13.7. The number of benzene rings is 1. The first kappa shape index (κ1) is 14.0. The molecular formula is C10H6Cl2F3N3O. The number of alkyl halides is 2. The Balaban J connectivity index is 2.70. The SMILES string of the molecule is Cc1nn(-c2cc(Cl)c(Cl)cc2F)c(=O)n1C(F)F. The van der Waals surface area contributed by atoms with E-state index in [2.05, 4.69) is 5.10 Å². The predicted molar refractivity (Wildman–Crippen MR) is 63.8 cm³/mol. The van der Waals surface area contributed by atoms with Crippen molar-refractivity contribution in [2.45, 2.75) is 13.5 Å². The second-order valence-electron chi connectivity index (χ2n) is 3.61. The average Bonchev–Trinajstić information content (AvgIpc) is 2.59. The van der Waals surface area contributed by atoms with E-state index in [0.717, 1.165) is 12.1 Å². The average molecular weight is 312 g/mol. The van der Waals surface area contributed by atoms with E-state index in [-0.39, 0.29) is 26.1 Å². The van der Waals surface area contributed by atoms with Crippen molar-refractivity contribution in [2.24, 2.45) is 0 Å². The standard InChI is InChI=1S/C10H6Cl2F3N3O/c1-4-16-18(10(19)17(4)9(14)15)8-3-6(12)5(11)2-7(8)13/h2-3,9H,1H3. The molecule has 0 N–H and O–H groups in total. The van der Waals surface area contributed by atoms with E-state index < -0.39 is 18.1 Å². The van der Waals surface area contributed by atoms with Crippen LogP contribution < -0.4 is 5.69 Å². The summed E-state index contributed by atoms with van der Waals surface area (Å²) in [6, 6.07) is 1.92. The number of aryl methyl sites for hydroxylation is 1. The molecule has 0 atom stereocenters. The van der Waals surface area contributed by atoms with Crippen molar-refractivity contribution < 1.29 is 13.2 Å². The summed E-state index contributed by atoms with van der Waals surface area (Å²) in [4.78, 5) is 11.7. The summed E-state index contributed by atoms with van der Waals surface area (Å²) in [5.41, 5.74) is -1.51. The minimum absolute atomic E-state index is 0.0192. The van der Waals surface area contributed by atoms with Gasteiger partial charge in [0, 0.05) is 0 Å². The molecular weight excluding hydrogens is 306 g/mol. The van der Waals surface area contributed by atoms with Crippen LogP contribution in [0.25, 0.3) is 5.69 Å². The van der Waals surface area contributed by atoms with Crippen LogP contribution in [0, 0.1) is 12.7 Å². The van der Waals surface area contributed by atoms with Gasteiger partial charge in [-0.3, -0.25) is 0 Å². The molecule has 1 aromatic carbocycles. The zero-order valence-corrected chi connectivity index (χ0v) is 10.9. The highest BCUT2D eigenvalue weighted by atomic mass is 35.5. The van der Waals surface area contributed by atoms with Gasteiger partial charge in [-0.2, -0.15) is 13.5 Å². The third-order valence-electron chi connectivity index (χ3n) is 2.39. The number of rotatable bonds is 2. The Morgan fingerprint density at radius 2 is 1.84 bits per heavy atom. The Labute approximate surface area is 115 Å². The van der Waals surface area contributed by atoms with Gasteiger partial charge in [-0.05, 0) is 19.1 Å². The van der Waals surface area contributed by atoms with Crippen LogP contribution in [0.4, 0.5) is 13.2 Å². The van der Waals surface area contributed by atoms with E-state index >= 15 is 0 Å². The molecule has 2 aromatic rings. The molecule has 0 bridgehead atoms. The molecule has 19 heavy (non-hydrogen) atoms. The topological polar surface area (TPSA) is 39.8 Å². The van der Waals surface area contributed by atoms with Gasteiger partial charge >= 0.3 is 12.2 Å². The van der Waals surface area contributed by atoms with Crippen LogP contribution >= 0.6 is 23.2 Å². The summed E-state index contributed by atoms with van der Waals surface area (Å²) < 4.78 is 39.6. The van der Waals surface area contributed by atoms with Crippen LogP contribution in [0.15, 0.2) is 16.9 Å². The molecule has 1 aromatic heterocycles. The Morgan fingerprint density at radius 3 is 2.37 bits per heavy atom. The highest BCUT2D eigenvalue weighted by molar-refractivity contribution is 6.42. The lowest BCUT2D eigenvalue weighted by Crippen LogP contribution is -2.25. The monoisotopic (exact) mass is 311 g/mol. The van der Waals surface area contributed by atoms with Gasteiger partial charge in [-0.1, -0.05) is 23.2 Å². The number of aromatic nitrogens is 3. The second kappa shape index (κ2) is 4.90. The number of nitrogens with zero attached hydrogens (tertiary/aromatic N) is 3. The molecule has 0 saturated carbocycles. The first-order chi connectivity index (χ1) is 8.82. The van der Waals surface area contributed by atoms with Crippen molar-refractivity contribution in [3.63, 3.8) is 0 Å². The summed E-state index contributed by atoms with van der Waals surface area (Å²) in [6.45, 7) is -1.86. The molecule has 9 heteroatoms. The van der Waals surface area contributed by atoms with Gasteiger partial charge in [0.25, 0.3) is 0 Å². The molecule has 0 radical (unpaired) electrons. The minimum Gasteiger partial charge on any atom is -0.245 e. The lowest BCUT2D eigenvalue weighted by Gasteiger charge is -2.04. The molecule has 0 saturated heterocycles. The number of halogens is 5. The van der Waals surface area contributed by atoms with Crippen molar-refractivity contribution in [1.29, 1.82) is 0 Å². The first-order valence-corrected chi connectivity index (χ1v) is 5.69. The molecule has 0 spiro atoms. The summed E-state index contributed by atoms with van der Waals surface area (Å²) in [7, 11) is 0. The molecule has 1 heterocycles. The van der Waals surface area contributed by atoms with Gasteiger partial charge in [0.1, 0.15) is 11.5 Å². The molecule has 2 rings (SSSR count). The van der Waals surface area contributed by atoms with Gasteiger partial charge in [-0.25, -0.2) is 13.8 Å². The second-order valence-corrected chi connectivity index (χ2v) is 4.42. The van der Waals surface area contributed by atoms with Crippen LogP contribution in [-0.4, -0.2) is 14.3 Å².